The summed E-state index contributed by atoms with van der Waals surface area (Å²) < 4.78 is 11.4. The van der Waals surface area contributed by atoms with Crippen molar-refractivity contribution >= 4 is 11.7 Å². The van der Waals surface area contributed by atoms with Crippen molar-refractivity contribution < 1.29 is 34.4 Å². The lowest BCUT2D eigenvalue weighted by molar-refractivity contribution is -0.189. The fourth-order valence-corrected chi connectivity index (χ4v) is 4.89. The van der Waals surface area contributed by atoms with Crippen molar-refractivity contribution in [3.63, 3.8) is 0 Å². The fourth-order valence-electron chi connectivity index (χ4n) is 4.89. The first-order valence-corrected chi connectivity index (χ1v) is 11.2. The van der Waals surface area contributed by atoms with Crippen molar-refractivity contribution in [3.05, 3.63) is 0 Å². The number of hydrogen-bond donors (Lipinski definition) is 3. The van der Waals surface area contributed by atoms with Crippen LogP contribution in [-0.4, -0.2) is 70.7 Å². The number of aliphatic hydroxyl groups excluding tert-OH is 2. The SMILES string of the molecule is CC[C@H]1OC(=O)[C@H](C)[C@@H](O)[C@H](C)C[C@](C)(OC)C[C@@H](C)/C(=N\OC)[C@H](C)[C@@H](O)[C@]1(C)O. The summed E-state index contributed by atoms with van der Waals surface area (Å²) in [6.45, 7) is 12.4. The summed E-state index contributed by atoms with van der Waals surface area (Å²) in [6.07, 6.45) is -1.80. The number of esters is 1. The van der Waals surface area contributed by atoms with Gasteiger partial charge in [0, 0.05) is 18.9 Å². The second kappa shape index (κ2) is 11.1. The Morgan fingerprint density at radius 3 is 2.16 bits per heavy atom. The fraction of sp³-hybridized carbons (Fsp3) is 0.913. The van der Waals surface area contributed by atoms with Crippen molar-refractivity contribution in [2.24, 2.45) is 28.8 Å². The highest BCUT2D eigenvalue weighted by molar-refractivity contribution is 5.88. The summed E-state index contributed by atoms with van der Waals surface area (Å²) in [7, 11) is 3.06. The highest BCUT2D eigenvalue weighted by Gasteiger charge is 2.47. The van der Waals surface area contributed by atoms with Gasteiger partial charge in [-0.05, 0) is 46.0 Å². The Balaban J connectivity index is 3.51. The third kappa shape index (κ3) is 6.40. The molecule has 8 nitrogen and oxygen atoms in total. The lowest BCUT2D eigenvalue weighted by Gasteiger charge is -2.41. The molecule has 0 unspecified atom stereocenters. The van der Waals surface area contributed by atoms with Gasteiger partial charge in [0.15, 0.2) is 0 Å². The topological polar surface area (TPSA) is 118 Å². The van der Waals surface area contributed by atoms with Gasteiger partial charge in [-0.3, -0.25) is 4.79 Å². The number of rotatable bonds is 3. The summed E-state index contributed by atoms with van der Waals surface area (Å²) in [4.78, 5) is 17.8. The molecule has 1 heterocycles. The van der Waals surface area contributed by atoms with E-state index in [-0.39, 0.29) is 11.8 Å². The van der Waals surface area contributed by atoms with Gasteiger partial charge in [0.25, 0.3) is 0 Å². The Morgan fingerprint density at radius 1 is 1.10 bits per heavy atom. The number of methoxy groups -OCH3 is 1. The van der Waals surface area contributed by atoms with Crippen LogP contribution in [0.5, 0.6) is 0 Å². The van der Waals surface area contributed by atoms with Gasteiger partial charge in [-0.15, -0.1) is 0 Å². The maximum absolute atomic E-state index is 12.8. The van der Waals surface area contributed by atoms with Crippen LogP contribution in [0.3, 0.4) is 0 Å². The van der Waals surface area contributed by atoms with Crippen LogP contribution in [0.15, 0.2) is 5.16 Å². The van der Waals surface area contributed by atoms with Gasteiger partial charge in [-0.25, -0.2) is 0 Å². The van der Waals surface area contributed by atoms with Crippen LogP contribution in [0.2, 0.25) is 0 Å². The molecular formula is C23H43NO7. The molecule has 1 aliphatic rings. The van der Waals surface area contributed by atoms with Gasteiger partial charge in [-0.2, -0.15) is 0 Å². The third-order valence-corrected chi connectivity index (χ3v) is 6.97. The highest BCUT2D eigenvalue weighted by Crippen LogP contribution is 2.35. The van der Waals surface area contributed by atoms with Gasteiger partial charge in [0.2, 0.25) is 0 Å². The van der Waals surface area contributed by atoms with E-state index in [9.17, 15) is 20.1 Å². The number of aliphatic hydroxyl groups is 3. The van der Waals surface area contributed by atoms with Crippen LogP contribution in [0.1, 0.15) is 67.7 Å². The van der Waals surface area contributed by atoms with Crippen LogP contribution >= 0.6 is 0 Å². The molecule has 0 aromatic carbocycles. The molecule has 0 bridgehead atoms. The Labute approximate surface area is 186 Å². The first-order chi connectivity index (χ1) is 14.3. The van der Waals surface area contributed by atoms with Crippen molar-refractivity contribution in [1.29, 1.82) is 0 Å². The molecule has 8 heteroatoms. The standard InChI is InChI=1S/C23H43NO7/c1-10-17-23(7,28)20(26)15(4)18(24-30-9)13(2)11-22(6,29-8)12-14(3)19(25)16(5)21(27)31-17/h13-17,19-20,25-26,28H,10-12H2,1-9H3/b24-18+/t13-,14-,15+,16-,17-,19+,20-,22-,23-/m1/s1. The molecule has 3 N–H and O–H groups in total. The van der Waals surface area contributed by atoms with E-state index in [0.717, 1.165) is 0 Å². The van der Waals surface area contributed by atoms with Gasteiger partial charge < -0.3 is 29.6 Å². The maximum Gasteiger partial charge on any atom is 0.311 e. The van der Waals surface area contributed by atoms with Crippen LogP contribution in [0.4, 0.5) is 0 Å². The molecule has 0 aromatic heterocycles. The molecule has 1 fully saturated rings. The molecule has 182 valence electrons. The molecule has 0 radical (unpaired) electrons. The van der Waals surface area contributed by atoms with Gasteiger partial charge in [0.1, 0.15) is 18.8 Å². The van der Waals surface area contributed by atoms with E-state index >= 15 is 0 Å². The molecule has 31 heavy (non-hydrogen) atoms. The van der Waals surface area contributed by atoms with Crippen LogP contribution in [0, 0.1) is 23.7 Å². The van der Waals surface area contributed by atoms with E-state index in [2.05, 4.69) is 5.16 Å². The first-order valence-electron chi connectivity index (χ1n) is 11.2. The van der Waals surface area contributed by atoms with E-state index in [4.69, 9.17) is 14.3 Å². The third-order valence-electron chi connectivity index (χ3n) is 6.97. The predicted octanol–water partition coefficient (Wildman–Crippen LogP) is 2.53. The van der Waals surface area contributed by atoms with Crippen molar-refractivity contribution in [2.45, 2.75) is 97.2 Å². The molecule has 1 saturated heterocycles. The molecule has 9 atom stereocenters. The quantitative estimate of drug-likeness (QED) is 0.451. The molecule has 0 aromatic rings. The lowest BCUT2D eigenvalue weighted by Crippen LogP contribution is -2.56. The largest absolute Gasteiger partial charge is 0.459 e. The Kier molecular flexibility index (Phi) is 9.94. The van der Waals surface area contributed by atoms with Gasteiger partial charge >= 0.3 is 5.97 Å². The Morgan fingerprint density at radius 2 is 1.68 bits per heavy atom. The van der Waals surface area contributed by atoms with E-state index in [0.29, 0.717) is 25.0 Å². The van der Waals surface area contributed by atoms with E-state index in [1.807, 2.05) is 20.8 Å². The number of ether oxygens (including phenoxy) is 2. The van der Waals surface area contributed by atoms with E-state index in [1.54, 1.807) is 27.9 Å². The monoisotopic (exact) mass is 445 g/mol. The predicted molar refractivity (Wildman–Crippen MR) is 119 cm³/mol. The minimum atomic E-state index is -1.73. The van der Waals surface area contributed by atoms with Gasteiger partial charge in [0.05, 0.1) is 29.4 Å². The second-order valence-electron chi connectivity index (χ2n) is 9.71. The second-order valence-corrected chi connectivity index (χ2v) is 9.71. The number of nitrogens with zero attached hydrogens (tertiary/aromatic N) is 1. The summed E-state index contributed by atoms with van der Waals surface area (Å²) in [5.41, 5.74) is -1.76. The Hall–Kier alpha value is -1.22. The number of oxime groups is 1. The number of hydrogen-bond acceptors (Lipinski definition) is 8. The van der Waals surface area contributed by atoms with Crippen LogP contribution in [-0.2, 0) is 19.1 Å². The normalized spacial score (nSPS) is 45.1. The summed E-state index contributed by atoms with van der Waals surface area (Å²) in [6, 6.07) is 0. The molecule has 0 spiro atoms. The maximum atomic E-state index is 12.8. The minimum absolute atomic E-state index is 0.141. The average Bonchev–Trinajstić information content (AvgIpc) is 2.72. The van der Waals surface area contributed by atoms with Crippen molar-refractivity contribution in [2.75, 3.05) is 14.2 Å². The Bertz CT molecular complexity index is 623. The number of carbonyl (C=O) groups is 1. The van der Waals surface area contributed by atoms with E-state index in [1.165, 1.54) is 14.0 Å². The van der Waals surface area contributed by atoms with Crippen LogP contribution in [0.25, 0.3) is 0 Å². The van der Waals surface area contributed by atoms with Gasteiger partial charge in [-0.1, -0.05) is 32.9 Å². The molecule has 0 aliphatic carbocycles. The van der Waals surface area contributed by atoms with Crippen molar-refractivity contribution in [1.82, 2.24) is 0 Å². The number of carbonyl (C=O) groups excluding carboxylic acids is 1. The zero-order valence-corrected chi connectivity index (χ0v) is 20.6. The lowest BCUT2D eigenvalue weighted by atomic mass is 9.75. The molecule has 0 amide bonds. The minimum Gasteiger partial charge on any atom is -0.459 e. The molecule has 1 aliphatic heterocycles. The molecular weight excluding hydrogens is 402 g/mol. The first kappa shape index (κ1) is 27.8. The molecule has 0 saturated carbocycles. The summed E-state index contributed by atoms with van der Waals surface area (Å²) in [5, 5.41) is 37.3. The highest BCUT2D eigenvalue weighted by atomic mass is 16.6. The smallest absolute Gasteiger partial charge is 0.311 e. The zero-order valence-electron chi connectivity index (χ0n) is 20.6. The zero-order chi connectivity index (χ0) is 24.1. The number of cyclic esters (lactones) is 1. The average molecular weight is 446 g/mol. The van der Waals surface area contributed by atoms with E-state index < -0.39 is 47.3 Å². The van der Waals surface area contributed by atoms with Crippen molar-refractivity contribution in [3.8, 4) is 0 Å². The van der Waals surface area contributed by atoms with Crippen LogP contribution < -0.4 is 0 Å². The molecule has 1 rings (SSSR count). The summed E-state index contributed by atoms with van der Waals surface area (Å²) >= 11 is 0. The summed E-state index contributed by atoms with van der Waals surface area (Å²) in [5.74, 6) is -2.35.